The van der Waals surface area contributed by atoms with Crippen LogP contribution in [0.2, 0.25) is 0 Å². The molecule has 0 saturated carbocycles. The first-order valence-electron chi connectivity index (χ1n) is 5.44. The standard InChI is InChI=1S/C13H17BrN2O/c1-3-8-15-9-13(17)16(2)10-11-6-4-5-7-12(11)14/h3-7,15H,1,8-10H2,2H3. The van der Waals surface area contributed by atoms with E-state index >= 15 is 0 Å². The highest BCUT2D eigenvalue weighted by atomic mass is 79.9. The van der Waals surface area contributed by atoms with Crippen molar-refractivity contribution in [3.05, 3.63) is 47.0 Å². The Balaban J connectivity index is 2.48. The lowest BCUT2D eigenvalue weighted by Crippen LogP contribution is -2.35. The maximum absolute atomic E-state index is 11.7. The van der Waals surface area contributed by atoms with E-state index in [9.17, 15) is 4.79 Å². The van der Waals surface area contributed by atoms with Crippen molar-refractivity contribution in [1.82, 2.24) is 10.2 Å². The first-order valence-corrected chi connectivity index (χ1v) is 6.23. The summed E-state index contributed by atoms with van der Waals surface area (Å²) in [6, 6.07) is 7.91. The second kappa shape index (κ2) is 7.25. The number of halogens is 1. The molecule has 1 aromatic carbocycles. The van der Waals surface area contributed by atoms with Crippen LogP contribution in [0, 0.1) is 0 Å². The molecule has 92 valence electrons. The highest BCUT2D eigenvalue weighted by Gasteiger charge is 2.09. The smallest absolute Gasteiger partial charge is 0.236 e. The van der Waals surface area contributed by atoms with Gasteiger partial charge in [0.2, 0.25) is 5.91 Å². The minimum Gasteiger partial charge on any atom is -0.340 e. The normalized spacial score (nSPS) is 10.0. The molecule has 0 radical (unpaired) electrons. The maximum atomic E-state index is 11.7. The molecule has 0 aliphatic carbocycles. The van der Waals surface area contributed by atoms with Crippen LogP contribution in [0.25, 0.3) is 0 Å². The third-order valence-electron chi connectivity index (χ3n) is 2.36. The number of nitrogens with one attached hydrogen (secondary N) is 1. The number of amides is 1. The molecule has 0 fully saturated rings. The highest BCUT2D eigenvalue weighted by Crippen LogP contribution is 2.17. The molecule has 0 unspecified atom stereocenters. The molecule has 0 atom stereocenters. The topological polar surface area (TPSA) is 32.3 Å². The Kier molecular flexibility index (Phi) is 5.94. The summed E-state index contributed by atoms with van der Waals surface area (Å²) >= 11 is 3.47. The molecule has 4 heteroatoms. The fourth-order valence-corrected chi connectivity index (χ4v) is 1.80. The van der Waals surface area contributed by atoms with Crippen molar-refractivity contribution < 1.29 is 4.79 Å². The van der Waals surface area contributed by atoms with Crippen molar-refractivity contribution in [2.24, 2.45) is 0 Å². The number of carbonyl (C=O) groups is 1. The van der Waals surface area contributed by atoms with Gasteiger partial charge in [-0.1, -0.05) is 40.2 Å². The molecule has 0 bridgehead atoms. The van der Waals surface area contributed by atoms with Gasteiger partial charge >= 0.3 is 0 Å². The van der Waals surface area contributed by atoms with Crippen molar-refractivity contribution in [1.29, 1.82) is 0 Å². The van der Waals surface area contributed by atoms with Gasteiger partial charge in [-0.15, -0.1) is 6.58 Å². The summed E-state index contributed by atoms with van der Waals surface area (Å²) in [5, 5.41) is 3.00. The van der Waals surface area contributed by atoms with E-state index in [1.54, 1.807) is 18.0 Å². The van der Waals surface area contributed by atoms with Crippen LogP contribution < -0.4 is 5.32 Å². The molecule has 0 aliphatic heterocycles. The third kappa shape index (κ3) is 4.71. The average molecular weight is 297 g/mol. The van der Waals surface area contributed by atoms with Crippen molar-refractivity contribution in [2.45, 2.75) is 6.54 Å². The summed E-state index contributed by atoms with van der Waals surface area (Å²) < 4.78 is 1.03. The Bertz CT molecular complexity index is 393. The molecule has 1 N–H and O–H groups in total. The second-order valence-electron chi connectivity index (χ2n) is 3.76. The molecule has 0 aliphatic rings. The Morgan fingerprint density at radius 1 is 1.53 bits per heavy atom. The lowest BCUT2D eigenvalue weighted by atomic mass is 10.2. The van der Waals surface area contributed by atoms with Gasteiger partial charge in [-0.05, 0) is 11.6 Å². The first kappa shape index (κ1) is 13.9. The minimum atomic E-state index is 0.0719. The van der Waals surface area contributed by atoms with Crippen molar-refractivity contribution in [3.63, 3.8) is 0 Å². The number of hydrogen-bond acceptors (Lipinski definition) is 2. The summed E-state index contributed by atoms with van der Waals surface area (Å²) in [5.74, 6) is 0.0719. The van der Waals surface area contributed by atoms with Gasteiger partial charge < -0.3 is 10.2 Å². The Morgan fingerprint density at radius 3 is 2.88 bits per heavy atom. The average Bonchev–Trinajstić information content (AvgIpc) is 2.32. The first-order chi connectivity index (χ1) is 8.15. The Morgan fingerprint density at radius 2 is 2.24 bits per heavy atom. The van der Waals surface area contributed by atoms with Crippen LogP contribution in [-0.4, -0.2) is 30.9 Å². The summed E-state index contributed by atoms with van der Waals surface area (Å²) in [6.07, 6.45) is 1.74. The minimum absolute atomic E-state index is 0.0719. The van der Waals surface area contributed by atoms with Gasteiger partial charge in [0, 0.05) is 24.6 Å². The van der Waals surface area contributed by atoms with Gasteiger partial charge in [0.15, 0.2) is 0 Å². The summed E-state index contributed by atoms with van der Waals surface area (Å²) in [5.41, 5.74) is 1.10. The molecule has 17 heavy (non-hydrogen) atoms. The quantitative estimate of drug-likeness (QED) is 0.645. The van der Waals surface area contributed by atoms with Gasteiger partial charge in [-0.2, -0.15) is 0 Å². The van der Waals surface area contributed by atoms with E-state index in [0.717, 1.165) is 10.0 Å². The molecule has 1 aromatic rings. The van der Waals surface area contributed by atoms with Gasteiger partial charge in [-0.25, -0.2) is 0 Å². The lowest BCUT2D eigenvalue weighted by Gasteiger charge is -2.18. The number of rotatable bonds is 6. The van der Waals surface area contributed by atoms with E-state index in [1.807, 2.05) is 24.3 Å². The van der Waals surface area contributed by atoms with Crippen molar-refractivity contribution >= 4 is 21.8 Å². The van der Waals surface area contributed by atoms with E-state index in [0.29, 0.717) is 19.6 Å². The largest absolute Gasteiger partial charge is 0.340 e. The fraction of sp³-hybridized carbons (Fsp3) is 0.308. The maximum Gasteiger partial charge on any atom is 0.236 e. The molecular weight excluding hydrogens is 280 g/mol. The van der Waals surface area contributed by atoms with Crippen molar-refractivity contribution in [3.8, 4) is 0 Å². The van der Waals surface area contributed by atoms with Gasteiger partial charge in [0.1, 0.15) is 0 Å². The van der Waals surface area contributed by atoms with Crippen LogP contribution >= 0.6 is 15.9 Å². The number of hydrogen-bond donors (Lipinski definition) is 1. The van der Waals surface area contributed by atoms with Crippen LogP contribution in [0.1, 0.15) is 5.56 Å². The number of benzene rings is 1. The van der Waals surface area contributed by atoms with Crippen molar-refractivity contribution in [2.75, 3.05) is 20.1 Å². The molecule has 1 rings (SSSR count). The van der Waals surface area contributed by atoms with Crippen LogP contribution in [-0.2, 0) is 11.3 Å². The van der Waals surface area contributed by atoms with E-state index in [4.69, 9.17) is 0 Å². The molecule has 1 amide bonds. The number of carbonyl (C=O) groups excluding carboxylic acids is 1. The number of nitrogens with zero attached hydrogens (tertiary/aromatic N) is 1. The van der Waals surface area contributed by atoms with Crippen LogP contribution in [0.15, 0.2) is 41.4 Å². The number of likely N-dealkylation sites (N-methyl/N-ethyl adjacent to an activating group) is 1. The third-order valence-corrected chi connectivity index (χ3v) is 3.13. The Labute approximate surface area is 111 Å². The highest BCUT2D eigenvalue weighted by molar-refractivity contribution is 9.10. The molecule has 0 heterocycles. The van der Waals surface area contributed by atoms with Crippen LogP contribution in [0.3, 0.4) is 0 Å². The van der Waals surface area contributed by atoms with E-state index in [2.05, 4.69) is 27.8 Å². The zero-order valence-electron chi connectivity index (χ0n) is 9.95. The molecule has 0 spiro atoms. The molecule has 0 saturated heterocycles. The zero-order chi connectivity index (χ0) is 12.7. The van der Waals surface area contributed by atoms with E-state index < -0.39 is 0 Å². The van der Waals surface area contributed by atoms with Crippen LogP contribution in [0.5, 0.6) is 0 Å². The van der Waals surface area contributed by atoms with Gasteiger partial charge in [0.05, 0.1) is 6.54 Å². The van der Waals surface area contributed by atoms with Gasteiger partial charge in [0.25, 0.3) is 0 Å². The van der Waals surface area contributed by atoms with Gasteiger partial charge in [-0.3, -0.25) is 4.79 Å². The monoisotopic (exact) mass is 296 g/mol. The fourth-order valence-electron chi connectivity index (χ4n) is 1.39. The zero-order valence-corrected chi connectivity index (χ0v) is 11.5. The molecule has 3 nitrogen and oxygen atoms in total. The summed E-state index contributed by atoms with van der Waals surface area (Å²) in [7, 11) is 1.80. The van der Waals surface area contributed by atoms with E-state index in [1.165, 1.54) is 0 Å². The molecular formula is C13H17BrN2O. The van der Waals surface area contributed by atoms with E-state index in [-0.39, 0.29) is 5.91 Å². The predicted octanol–water partition coefficient (Wildman–Crippen LogP) is 2.18. The lowest BCUT2D eigenvalue weighted by molar-refractivity contribution is -0.129. The molecule has 0 aromatic heterocycles. The predicted molar refractivity (Wildman–Crippen MR) is 73.7 cm³/mol. The summed E-state index contributed by atoms with van der Waals surface area (Å²) in [6.45, 7) is 5.18. The second-order valence-corrected chi connectivity index (χ2v) is 4.62. The van der Waals surface area contributed by atoms with Crippen LogP contribution in [0.4, 0.5) is 0 Å². The Hall–Kier alpha value is -1.13. The SMILES string of the molecule is C=CCNCC(=O)N(C)Cc1ccccc1Br. The summed E-state index contributed by atoms with van der Waals surface area (Å²) in [4.78, 5) is 13.5.